The smallest absolute Gasteiger partial charge is 0.340 e. The molecule has 2 aromatic rings. The second-order valence-electron chi connectivity index (χ2n) is 3.74. The van der Waals surface area contributed by atoms with Gasteiger partial charge in [0.1, 0.15) is 5.15 Å². The Labute approximate surface area is 115 Å². The quantitative estimate of drug-likeness (QED) is 0.491. The van der Waals surface area contributed by atoms with Crippen LogP contribution >= 0.6 is 11.6 Å². The molecule has 96 valence electrons. The van der Waals surface area contributed by atoms with Crippen molar-refractivity contribution in [3.63, 3.8) is 0 Å². The van der Waals surface area contributed by atoms with E-state index in [9.17, 15) is 9.59 Å². The van der Waals surface area contributed by atoms with Gasteiger partial charge in [-0.3, -0.25) is 4.79 Å². The SMILES string of the molecule is COC(=O)c1cc(C=O)c(Cl)nc1-c1ccccc1. The van der Waals surface area contributed by atoms with Gasteiger partial charge in [-0.2, -0.15) is 0 Å². The van der Waals surface area contributed by atoms with Crippen LogP contribution in [0.1, 0.15) is 20.7 Å². The molecule has 5 heteroatoms. The summed E-state index contributed by atoms with van der Waals surface area (Å²) in [5, 5.41) is 0.0570. The summed E-state index contributed by atoms with van der Waals surface area (Å²) in [7, 11) is 1.27. The normalized spacial score (nSPS) is 10.0. The number of carbonyl (C=O) groups excluding carboxylic acids is 2. The van der Waals surface area contributed by atoms with Crippen molar-refractivity contribution in [1.29, 1.82) is 0 Å². The number of rotatable bonds is 3. The zero-order valence-corrected chi connectivity index (χ0v) is 10.8. The van der Waals surface area contributed by atoms with Crippen molar-refractivity contribution >= 4 is 23.9 Å². The fourth-order valence-corrected chi connectivity index (χ4v) is 1.85. The fourth-order valence-electron chi connectivity index (χ4n) is 1.67. The molecule has 0 N–H and O–H groups in total. The van der Waals surface area contributed by atoms with Gasteiger partial charge in [-0.05, 0) is 6.07 Å². The monoisotopic (exact) mass is 275 g/mol. The minimum Gasteiger partial charge on any atom is -0.465 e. The molecular formula is C14H10ClNO3. The summed E-state index contributed by atoms with van der Waals surface area (Å²) in [6.45, 7) is 0. The molecule has 0 radical (unpaired) electrons. The van der Waals surface area contributed by atoms with Gasteiger partial charge >= 0.3 is 5.97 Å². The number of hydrogen-bond donors (Lipinski definition) is 0. The van der Waals surface area contributed by atoms with E-state index in [2.05, 4.69) is 4.98 Å². The number of carbonyl (C=O) groups is 2. The highest BCUT2D eigenvalue weighted by atomic mass is 35.5. The summed E-state index contributed by atoms with van der Waals surface area (Å²) < 4.78 is 4.70. The molecule has 0 unspecified atom stereocenters. The van der Waals surface area contributed by atoms with Crippen LogP contribution in [0.2, 0.25) is 5.15 Å². The summed E-state index contributed by atoms with van der Waals surface area (Å²) in [4.78, 5) is 26.7. The highest BCUT2D eigenvalue weighted by molar-refractivity contribution is 6.32. The average molecular weight is 276 g/mol. The average Bonchev–Trinajstić information content (AvgIpc) is 2.47. The van der Waals surface area contributed by atoms with E-state index in [1.807, 2.05) is 18.2 Å². The highest BCUT2D eigenvalue weighted by Gasteiger charge is 2.18. The summed E-state index contributed by atoms with van der Waals surface area (Å²) in [6, 6.07) is 10.5. The molecule has 0 amide bonds. The zero-order chi connectivity index (χ0) is 13.8. The van der Waals surface area contributed by atoms with E-state index in [1.54, 1.807) is 12.1 Å². The van der Waals surface area contributed by atoms with Crippen LogP contribution in [0.4, 0.5) is 0 Å². The Balaban J connectivity index is 2.68. The highest BCUT2D eigenvalue weighted by Crippen LogP contribution is 2.26. The third-order valence-electron chi connectivity index (χ3n) is 2.58. The lowest BCUT2D eigenvalue weighted by molar-refractivity contribution is 0.0601. The molecule has 0 aliphatic carbocycles. The third-order valence-corrected chi connectivity index (χ3v) is 2.89. The summed E-state index contributed by atoms with van der Waals surface area (Å²) >= 11 is 5.90. The minimum atomic E-state index is -0.564. The summed E-state index contributed by atoms with van der Waals surface area (Å²) in [5.41, 5.74) is 1.48. The molecule has 1 aromatic carbocycles. The van der Waals surface area contributed by atoms with Crippen LogP contribution < -0.4 is 0 Å². The molecule has 1 aromatic heterocycles. The standard InChI is InChI=1S/C14H10ClNO3/c1-19-14(18)11-7-10(8-17)13(15)16-12(11)9-5-3-2-4-6-9/h2-8H,1H3. The van der Waals surface area contributed by atoms with Crippen molar-refractivity contribution in [3.05, 3.63) is 52.7 Å². The molecule has 0 saturated heterocycles. The van der Waals surface area contributed by atoms with Crippen molar-refractivity contribution in [1.82, 2.24) is 4.98 Å². The number of aromatic nitrogens is 1. The molecular weight excluding hydrogens is 266 g/mol. The lowest BCUT2D eigenvalue weighted by Crippen LogP contribution is -2.07. The van der Waals surface area contributed by atoms with Gasteiger partial charge in [0.15, 0.2) is 6.29 Å². The van der Waals surface area contributed by atoms with E-state index in [4.69, 9.17) is 16.3 Å². The summed E-state index contributed by atoms with van der Waals surface area (Å²) in [6.07, 6.45) is 0.552. The Bertz CT molecular complexity index is 626. The van der Waals surface area contributed by atoms with Crippen LogP contribution in [-0.2, 0) is 4.74 Å². The molecule has 0 spiro atoms. The van der Waals surface area contributed by atoms with Gasteiger partial charge in [0.2, 0.25) is 0 Å². The van der Waals surface area contributed by atoms with Gasteiger partial charge in [-0.25, -0.2) is 9.78 Å². The Kier molecular flexibility index (Phi) is 3.92. The number of aldehydes is 1. The van der Waals surface area contributed by atoms with E-state index in [0.717, 1.165) is 5.56 Å². The topological polar surface area (TPSA) is 56.3 Å². The van der Waals surface area contributed by atoms with Gasteiger partial charge in [-0.15, -0.1) is 0 Å². The van der Waals surface area contributed by atoms with Crippen LogP contribution in [0.3, 0.4) is 0 Å². The third kappa shape index (κ3) is 2.63. The zero-order valence-electron chi connectivity index (χ0n) is 10.1. The van der Waals surface area contributed by atoms with Crippen LogP contribution in [0, 0.1) is 0 Å². The molecule has 2 rings (SSSR count). The lowest BCUT2D eigenvalue weighted by Gasteiger charge is -2.09. The first-order chi connectivity index (χ1) is 9.17. The molecule has 0 aliphatic heterocycles. The second kappa shape index (κ2) is 5.63. The van der Waals surface area contributed by atoms with Gasteiger partial charge < -0.3 is 4.74 Å². The number of esters is 1. The maximum atomic E-state index is 11.8. The molecule has 19 heavy (non-hydrogen) atoms. The Morgan fingerprint density at radius 2 is 2.00 bits per heavy atom. The van der Waals surface area contributed by atoms with Gasteiger partial charge in [0, 0.05) is 5.56 Å². The molecule has 0 saturated carbocycles. The first-order valence-corrected chi connectivity index (χ1v) is 5.84. The van der Waals surface area contributed by atoms with Gasteiger partial charge in [-0.1, -0.05) is 41.9 Å². The summed E-state index contributed by atoms with van der Waals surface area (Å²) in [5.74, 6) is -0.564. The number of nitrogens with zero attached hydrogens (tertiary/aromatic N) is 1. The van der Waals surface area contributed by atoms with Crippen LogP contribution in [-0.4, -0.2) is 24.3 Å². The Morgan fingerprint density at radius 3 is 2.58 bits per heavy atom. The van der Waals surface area contributed by atoms with Crippen molar-refractivity contribution in [2.75, 3.05) is 7.11 Å². The largest absolute Gasteiger partial charge is 0.465 e. The number of halogens is 1. The van der Waals surface area contributed by atoms with Gasteiger partial charge in [0.05, 0.1) is 23.9 Å². The number of ether oxygens (including phenoxy) is 1. The molecule has 0 aliphatic rings. The van der Waals surface area contributed by atoms with Crippen LogP contribution in [0.15, 0.2) is 36.4 Å². The van der Waals surface area contributed by atoms with Crippen molar-refractivity contribution in [2.24, 2.45) is 0 Å². The predicted octanol–water partition coefficient (Wildman–Crippen LogP) is 3.00. The molecule has 0 fully saturated rings. The minimum absolute atomic E-state index is 0.0570. The lowest BCUT2D eigenvalue weighted by atomic mass is 10.0. The number of methoxy groups -OCH3 is 1. The van der Waals surface area contributed by atoms with Crippen LogP contribution in [0.25, 0.3) is 11.3 Å². The molecule has 0 bridgehead atoms. The first kappa shape index (κ1) is 13.2. The Hall–Kier alpha value is -2.20. The van der Waals surface area contributed by atoms with Crippen LogP contribution in [0.5, 0.6) is 0 Å². The maximum Gasteiger partial charge on any atom is 0.340 e. The molecule has 0 atom stereocenters. The van der Waals surface area contributed by atoms with Crippen molar-refractivity contribution in [3.8, 4) is 11.3 Å². The molecule has 1 heterocycles. The number of hydrogen-bond acceptors (Lipinski definition) is 4. The van der Waals surface area contributed by atoms with E-state index < -0.39 is 5.97 Å². The number of benzene rings is 1. The molecule has 4 nitrogen and oxygen atoms in total. The Morgan fingerprint density at radius 1 is 1.32 bits per heavy atom. The fraction of sp³-hybridized carbons (Fsp3) is 0.0714. The van der Waals surface area contributed by atoms with Crippen molar-refractivity contribution < 1.29 is 14.3 Å². The van der Waals surface area contributed by atoms with Gasteiger partial charge in [0.25, 0.3) is 0 Å². The van der Waals surface area contributed by atoms with E-state index >= 15 is 0 Å². The van der Waals surface area contributed by atoms with E-state index in [-0.39, 0.29) is 16.3 Å². The predicted molar refractivity (Wildman–Crippen MR) is 71.4 cm³/mol. The van der Waals surface area contributed by atoms with E-state index in [1.165, 1.54) is 13.2 Å². The van der Waals surface area contributed by atoms with Crippen molar-refractivity contribution in [2.45, 2.75) is 0 Å². The number of pyridine rings is 1. The second-order valence-corrected chi connectivity index (χ2v) is 4.10. The van der Waals surface area contributed by atoms with E-state index in [0.29, 0.717) is 12.0 Å². The maximum absolute atomic E-state index is 11.8. The first-order valence-electron chi connectivity index (χ1n) is 5.47.